The molecule has 0 saturated heterocycles. The molecule has 1 amide bonds. The lowest BCUT2D eigenvalue weighted by Crippen LogP contribution is -2.20. The number of nitrogens with two attached hydrogens (primary N) is 1. The molecule has 1 aliphatic carbocycles. The molecule has 1 fully saturated rings. The van der Waals surface area contributed by atoms with Crippen LogP contribution in [-0.2, 0) is 14.6 Å². The van der Waals surface area contributed by atoms with Gasteiger partial charge < -0.3 is 16.0 Å². The number of amides is 1. The normalized spacial score (nSPS) is 14.3. The Balaban J connectivity index is 1.27. The zero-order chi connectivity index (χ0) is 29.9. The van der Waals surface area contributed by atoms with Gasteiger partial charge in [0.2, 0.25) is 5.91 Å². The highest BCUT2D eigenvalue weighted by Crippen LogP contribution is 2.36. The predicted molar refractivity (Wildman–Crippen MR) is 163 cm³/mol. The van der Waals surface area contributed by atoms with Crippen molar-refractivity contribution in [3.63, 3.8) is 0 Å². The van der Waals surface area contributed by atoms with Gasteiger partial charge in [0.15, 0.2) is 9.84 Å². The molecule has 12 heteroatoms. The monoisotopic (exact) mass is 595 g/mol. The summed E-state index contributed by atoms with van der Waals surface area (Å²) in [6, 6.07) is 15.5. The molecule has 1 aliphatic rings. The van der Waals surface area contributed by atoms with Crippen molar-refractivity contribution in [3.05, 3.63) is 84.6 Å². The highest BCUT2D eigenvalue weighted by atomic mass is 32.2. The van der Waals surface area contributed by atoms with Gasteiger partial charge in [0.05, 0.1) is 28.8 Å². The molecule has 1 atom stereocenters. The van der Waals surface area contributed by atoms with Gasteiger partial charge in [0, 0.05) is 52.0 Å². The Labute approximate surface area is 245 Å². The van der Waals surface area contributed by atoms with Crippen LogP contribution in [0.2, 0.25) is 0 Å². The molecule has 4 aromatic heterocycles. The molecule has 0 aliphatic heterocycles. The second kappa shape index (κ2) is 10.1. The van der Waals surface area contributed by atoms with Gasteiger partial charge in [-0.3, -0.25) is 19.9 Å². The molecule has 0 radical (unpaired) electrons. The average molecular weight is 596 g/mol. The molecule has 216 valence electrons. The fraction of sp³-hybridized carbons (Fsp3) is 0.161. The van der Waals surface area contributed by atoms with Crippen LogP contribution in [0.1, 0.15) is 23.8 Å². The molecule has 7 rings (SSSR count). The lowest BCUT2D eigenvalue weighted by Gasteiger charge is -2.12. The van der Waals surface area contributed by atoms with Crippen molar-refractivity contribution >= 4 is 43.2 Å². The zero-order valence-corrected chi connectivity index (χ0v) is 23.7. The van der Waals surface area contributed by atoms with Crippen LogP contribution in [0.15, 0.2) is 73.2 Å². The van der Waals surface area contributed by atoms with E-state index < -0.39 is 21.0 Å². The summed E-state index contributed by atoms with van der Waals surface area (Å²) < 4.78 is 38.7. The number of hydrogen-bond donors (Lipinski definition) is 4. The fourth-order valence-corrected chi connectivity index (χ4v) is 5.86. The van der Waals surface area contributed by atoms with Gasteiger partial charge in [0.1, 0.15) is 16.9 Å². The highest BCUT2D eigenvalue weighted by Gasteiger charge is 2.29. The molecule has 10 nitrogen and oxygen atoms in total. The van der Waals surface area contributed by atoms with Crippen molar-refractivity contribution in [2.45, 2.75) is 18.2 Å². The van der Waals surface area contributed by atoms with Crippen LogP contribution >= 0.6 is 0 Å². The number of nitrogens with one attached hydrogen (secondary N) is 3. The molecule has 2 aromatic carbocycles. The smallest absolute Gasteiger partial charge is 0.227 e. The van der Waals surface area contributed by atoms with E-state index in [2.05, 4.69) is 30.5 Å². The first-order valence-corrected chi connectivity index (χ1v) is 15.6. The number of halogens is 1. The Bertz CT molecular complexity index is 2170. The number of aromatic nitrogens is 5. The summed E-state index contributed by atoms with van der Waals surface area (Å²) in [5.41, 5.74) is 12.3. The molecular formula is C31H26FN7O3S. The van der Waals surface area contributed by atoms with E-state index in [1.807, 2.05) is 30.3 Å². The van der Waals surface area contributed by atoms with Gasteiger partial charge in [-0.25, -0.2) is 12.8 Å². The van der Waals surface area contributed by atoms with Gasteiger partial charge in [-0.15, -0.1) is 0 Å². The van der Waals surface area contributed by atoms with E-state index in [-0.39, 0.29) is 17.4 Å². The van der Waals surface area contributed by atoms with E-state index in [0.717, 1.165) is 52.7 Å². The number of H-pyrrole nitrogens is 2. The van der Waals surface area contributed by atoms with Crippen molar-refractivity contribution < 1.29 is 17.6 Å². The first-order chi connectivity index (χ1) is 20.6. The summed E-state index contributed by atoms with van der Waals surface area (Å²) in [4.78, 5) is 24.5. The van der Waals surface area contributed by atoms with Crippen LogP contribution in [0, 0.1) is 11.7 Å². The Morgan fingerprint density at radius 2 is 1.79 bits per heavy atom. The van der Waals surface area contributed by atoms with Crippen molar-refractivity contribution in [3.8, 4) is 33.8 Å². The second-order valence-electron chi connectivity index (χ2n) is 10.9. The number of carbonyl (C=O) groups is 1. The number of anilines is 1. The fourth-order valence-electron chi connectivity index (χ4n) is 5.23. The van der Waals surface area contributed by atoms with Crippen LogP contribution in [0.3, 0.4) is 0 Å². The quantitative estimate of drug-likeness (QED) is 0.194. The van der Waals surface area contributed by atoms with E-state index >= 15 is 0 Å². The first kappa shape index (κ1) is 26.9. The number of nitrogens with zero attached hydrogens (tertiary/aromatic N) is 3. The Morgan fingerprint density at radius 1 is 0.977 bits per heavy atom. The maximum absolute atomic E-state index is 14.6. The number of pyridine rings is 2. The molecule has 6 aromatic rings. The first-order valence-electron chi connectivity index (χ1n) is 13.6. The van der Waals surface area contributed by atoms with Gasteiger partial charge in [-0.1, -0.05) is 6.07 Å². The molecule has 0 spiro atoms. The van der Waals surface area contributed by atoms with Crippen molar-refractivity contribution in [2.75, 3.05) is 11.6 Å². The van der Waals surface area contributed by atoms with Gasteiger partial charge >= 0.3 is 0 Å². The molecule has 43 heavy (non-hydrogen) atoms. The molecule has 0 bridgehead atoms. The van der Waals surface area contributed by atoms with Crippen molar-refractivity contribution in [1.82, 2.24) is 25.1 Å². The van der Waals surface area contributed by atoms with Crippen LogP contribution < -0.4 is 11.1 Å². The van der Waals surface area contributed by atoms with Crippen molar-refractivity contribution in [2.24, 2.45) is 11.7 Å². The van der Waals surface area contributed by atoms with E-state index in [4.69, 9.17) is 5.73 Å². The summed E-state index contributed by atoms with van der Waals surface area (Å²) in [5, 5.41) is 10.8. The summed E-state index contributed by atoms with van der Waals surface area (Å²) in [6.45, 7) is 0. The molecule has 4 heterocycles. The van der Waals surface area contributed by atoms with Crippen LogP contribution in [-0.4, -0.2) is 45.7 Å². The van der Waals surface area contributed by atoms with Crippen LogP contribution in [0.5, 0.6) is 0 Å². The minimum atomic E-state index is -3.64. The lowest BCUT2D eigenvalue weighted by molar-refractivity contribution is -0.117. The summed E-state index contributed by atoms with van der Waals surface area (Å²) in [5.74, 6) is -0.502. The predicted octanol–water partition coefficient (Wildman–Crippen LogP) is 5.32. The maximum Gasteiger partial charge on any atom is 0.227 e. The van der Waals surface area contributed by atoms with Crippen LogP contribution in [0.4, 0.5) is 10.1 Å². The van der Waals surface area contributed by atoms with Gasteiger partial charge in [-0.05, 0) is 72.5 Å². The molecular weight excluding hydrogens is 569 g/mol. The molecule has 1 unspecified atom stereocenters. The number of sulfone groups is 1. The number of benzene rings is 2. The van der Waals surface area contributed by atoms with E-state index in [0.29, 0.717) is 33.7 Å². The third-order valence-corrected chi connectivity index (χ3v) is 8.83. The Morgan fingerprint density at radius 3 is 2.58 bits per heavy atom. The maximum atomic E-state index is 14.6. The summed E-state index contributed by atoms with van der Waals surface area (Å²) in [6.07, 6.45) is 7.84. The van der Waals surface area contributed by atoms with Crippen molar-refractivity contribution in [1.29, 1.82) is 0 Å². The second-order valence-corrected chi connectivity index (χ2v) is 13.1. The van der Waals surface area contributed by atoms with Crippen LogP contribution in [0.25, 0.3) is 55.6 Å². The van der Waals surface area contributed by atoms with E-state index in [1.54, 1.807) is 30.7 Å². The summed E-state index contributed by atoms with van der Waals surface area (Å²) in [7, 11) is -3.64. The zero-order valence-electron chi connectivity index (χ0n) is 22.9. The number of rotatable bonds is 7. The summed E-state index contributed by atoms with van der Waals surface area (Å²) >= 11 is 0. The van der Waals surface area contributed by atoms with E-state index in [1.165, 1.54) is 6.07 Å². The standard InChI is InChI=1S/C31H26FN7O3S/c1-43(41,42)30(33)19-8-18(9-21(32)10-19)28-24-13-27(37-25(24)6-7-35-28)29-23-12-17(4-5-26(23)38-39-29)20-11-22(15-34-14-20)36-31(40)16-2-3-16/h4-16,30,37H,2-3,33H2,1H3,(H,36,40)(H,38,39). The Kier molecular flexibility index (Phi) is 6.33. The average Bonchev–Trinajstić information content (AvgIpc) is 3.62. The largest absolute Gasteiger partial charge is 0.353 e. The SMILES string of the molecule is CS(=O)(=O)C(N)c1cc(F)cc(-c2nccc3[nH]c(-c4n[nH]c5ccc(-c6cncc(NC(=O)C7CC7)c6)cc45)cc23)c1. The third-order valence-electron chi connectivity index (χ3n) is 7.64. The number of carbonyl (C=O) groups excluding carboxylic acids is 1. The van der Waals surface area contributed by atoms with Gasteiger partial charge in [0.25, 0.3) is 0 Å². The number of aromatic amines is 2. The topological polar surface area (TPSA) is 160 Å². The molecule has 1 saturated carbocycles. The minimum Gasteiger partial charge on any atom is -0.353 e. The highest BCUT2D eigenvalue weighted by molar-refractivity contribution is 7.90. The number of hydrogen-bond acceptors (Lipinski definition) is 7. The van der Waals surface area contributed by atoms with Gasteiger partial charge in [-0.2, -0.15) is 5.10 Å². The third kappa shape index (κ3) is 5.15. The lowest BCUT2D eigenvalue weighted by atomic mass is 10.0. The van der Waals surface area contributed by atoms with E-state index in [9.17, 15) is 17.6 Å². The Hall–Kier alpha value is -4.94. The number of fused-ring (bicyclic) bond motifs is 2. The molecule has 5 N–H and O–H groups in total. The minimum absolute atomic E-state index is 0.0203.